The molecule has 19 heavy (non-hydrogen) atoms. The molecule has 1 aliphatic heterocycles. The summed E-state index contributed by atoms with van der Waals surface area (Å²) in [6, 6.07) is 5.43. The van der Waals surface area contributed by atoms with Crippen LogP contribution in [0.2, 0.25) is 0 Å². The second-order valence-corrected chi connectivity index (χ2v) is 4.96. The Hall–Kier alpha value is -1.26. The van der Waals surface area contributed by atoms with Gasteiger partial charge in [-0.1, -0.05) is 6.07 Å². The van der Waals surface area contributed by atoms with Gasteiger partial charge in [-0.25, -0.2) is 0 Å². The lowest BCUT2D eigenvalue weighted by Gasteiger charge is -2.22. The number of hydrogen-bond donors (Lipinski definition) is 2. The van der Waals surface area contributed by atoms with E-state index in [0.717, 1.165) is 31.7 Å². The van der Waals surface area contributed by atoms with E-state index in [2.05, 4.69) is 5.32 Å². The third-order valence-corrected chi connectivity index (χ3v) is 3.49. The highest BCUT2D eigenvalue weighted by atomic mass is 16.5. The molecule has 1 fully saturated rings. The van der Waals surface area contributed by atoms with E-state index in [-0.39, 0.29) is 5.75 Å². The fourth-order valence-electron chi connectivity index (χ4n) is 2.36. The van der Waals surface area contributed by atoms with Gasteiger partial charge in [0.2, 0.25) is 0 Å². The Morgan fingerprint density at radius 1 is 1.42 bits per heavy atom. The van der Waals surface area contributed by atoms with Gasteiger partial charge in [0.1, 0.15) is 0 Å². The summed E-state index contributed by atoms with van der Waals surface area (Å²) >= 11 is 0. The fourth-order valence-corrected chi connectivity index (χ4v) is 2.36. The molecule has 4 heteroatoms. The smallest absolute Gasteiger partial charge is 0.160 e. The molecule has 1 aliphatic rings. The molecule has 2 rings (SSSR count). The van der Waals surface area contributed by atoms with E-state index in [9.17, 15) is 5.11 Å². The van der Waals surface area contributed by atoms with Crippen LogP contribution >= 0.6 is 0 Å². The van der Waals surface area contributed by atoms with Crippen molar-refractivity contribution < 1.29 is 14.6 Å². The van der Waals surface area contributed by atoms with Crippen LogP contribution in [-0.2, 0) is 11.3 Å². The number of methoxy groups -OCH3 is 1. The van der Waals surface area contributed by atoms with Crippen LogP contribution in [-0.4, -0.2) is 31.5 Å². The summed E-state index contributed by atoms with van der Waals surface area (Å²) in [5.41, 5.74) is 1.11. The summed E-state index contributed by atoms with van der Waals surface area (Å²) in [5.74, 6) is 0.705. The third kappa shape index (κ3) is 4.40. The lowest BCUT2D eigenvalue weighted by Crippen LogP contribution is -2.25. The minimum atomic E-state index is 0.182. The standard InChI is InChI=1S/C15H23NO3/c1-18-15-10-12(5-6-14(15)17)11-16-8-7-13-4-2-3-9-19-13/h5-6,10,13,16-17H,2-4,7-9,11H2,1H3. The summed E-state index contributed by atoms with van der Waals surface area (Å²) in [6.07, 6.45) is 5.18. The number of ether oxygens (including phenoxy) is 2. The van der Waals surface area contributed by atoms with Crippen molar-refractivity contribution in [1.29, 1.82) is 0 Å². The van der Waals surface area contributed by atoms with Crippen molar-refractivity contribution in [3.63, 3.8) is 0 Å². The van der Waals surface area contributed by atoms with Crippen LogP contribution in [0.4, 0.5) is 0 Å². The first kappa shape index (κ1) is 14.2. The number of rotatable bonds is 6. The van der Waals surface area contributed by atoms with Crippen LogP contribution < -0.4 is 10.1 Å². The van der Waals surface area contributed by atoms with Crippen LogP contribution in [0.15, 0.2) is 18.2 Å². The summed E-state index contributed by atoms with van der Waals surface area (Å²) in [6.45, 7) is 2.65. The summed E-state index contributed by atoms with van der Waals surface area (Å²) < 4.78 is 10.8. The molecule has 0 spiro atoms. The fraction of sp³-hybridized carbons (Fsp3) is 0.600. The second kappa shape index (κ2) is 7.36. The van der Waals surface area contributed by atoms with E-state index in [4.69, 9.17) is 9.47 Å². The zero-order chi connectivity index (χ0) is 13.5. The maximum atomic E-state index is 9.51. The van der Waals surface area contributed by atoms with E-state index < -0.39 is 0 Å². The lowest BCUT2D eigenvalue weighted by atomic mass is 10.1. The number of phenols is 1. The molecule has 106 valence electrons. The molecule has 0 aliphatic carbocycles. The first-order valence-electron chi connectivity index (χ1n) is 6.98. The summed E-state index contributed by atoms with van der Waals surface area (Å²) in [4.78, 5) is 0. The van der Waals surface area contributed by atoms with Crippen molar-refractivity contribution in [2.24, 2.45) is 0 Å². The molecule has 2 N–H and O–H groups in total. The molecule has 0 aromatic heterocycles. The summed E-state index contributed by atoms with van der Waals surface area (Å²) in [7, 11) is 1.56. The largest absolute Gasteiger partial charge is 0.504 e. The Labute approximate surface area is 114 Å². The van der Waals surface area contributed by atoms with Gasteiger partial charge in [0, 0.05) is 13.2 Å². The molecule has 1 atom stereocenters. The van der Waals surface area contributed by atoms with Gasteiger partial charge in [-0.15, -0.1) is 0 Å². The zero-order valence-electron chi connectivity index (χ0n) is 11.5. The van der Waals surface area contributed by atoms with Crippen molar-refractivity contribution >= 4 is 0 Å². The third-order valence-electron chi connectivity index (χ3n) is 3.49. The zero-order valence-corrected chi connectivity index (χ0v) is 11.5. The quantitative estimate of drug-likeness (QED) is 0.776. The monoisotopic (exact) mass is 265 g/mol. The normalized spacial score (nSPS) is 19.3. The van der Waals surface area contributed by atoms with E-state index in [0.29, 0.717) is 11.9 Å². The lowest BCUT2D eigenvalue weighted by molar-refractivity contribution is 0.0115. The van der Waals surface area contributed by atoms with E-state index >= 15 is 0 Å². The summed E-state index contributed by atoms with van der Waals surface area (Å²) in [5, 5.41) is 12.9. The minimum Gasteiger partial charge on any atom is -0.504 e. The highest BCUT2D eigenvalue weighted by Crippen LogP contribution is 2.26. The Morgan fingerprint density at radius 3 is 3.05 bits per heavy atom. The first-order valence-corrected chi connectivity index (χ1v) is 6.98. The molecular weight excluding hydrogens is 242 g/mol. The molecule has 4 nitrogen and oxygen atoms in total. The van der Waals surface area contributed by atoms with E-state index in [1.165, 1.54) is 19.3 Å². The van der Waals surface area contributed by atoms with Crippen molar-refractivity contribution in [3.05, 3.63) is 23.8 Å². The van der Waals surface area contributed by atoms with Gasteiger partial charge in [-0.3, -0.25) is 0 Å². The Kier molecular flexibility index (Phi) is 5.48. The minimum absolute atomic E-state index is 0.182. The number of benzene rings is 1. The Balaban J connectivity index is 1.70. The average molecular weight is 265 g/mol. The topological polar surface area (TPSA) is 50.7 Å². The molecule has 0 saturated carbocycles. The maximum Gasteiger partial charge on any atom is 0.160 e. The van der Waals surface area contributed by atoms with Crippen LogP contribution in [0.25, 0.3) is 0 Å². The molecule has 1 aromatic carbocycles. The Bertz CT molecular complexity index is 389. The van der Waals surface area contributed by atoms with Crippen molar-refractivity contribution in [3.8, 4) is 11.5 Å². The van der Waals surface area contributed by atoms with Gasteiger partial charge in [-0.05, 0) is 49.9 Å². The van der Waals surface area contributed by atoms with Gasteiger partial charge in [0.15, 0.2) is 11.5 Å². The SMILES string of the molecule is COc1cc(CNCCC2CCCCO2)ccc1O. The van der Waals surface area contributed by atoms with Gasteiger partial charge in [0.05, 0.1) is 13.2 Å². The van der Waals surface area contributed by atoms with Crippen molar-refractivity contribution in [2.75, 3.05) is 20.3 Å². The number of aromatic hydroxyl groups is 1. The number of nitrogens with one attached hydrogen (secondary N) is 1. The van der Waals surface area contributed by atoms with E-state index in [1.807, 2.05) is 12.1 Å². The van der Waals surface area contributed by atoms with Crippen LogP contribution in [0.1, 0.15) is 31.2 Å². The van der Waals surface area contributed by atoms with Crippen LogP contribution in [0.5, 0.6) is 11.5 Å². The molecule has 1 saturated heterocycles. The molecule has 1 unspecified atom stereocenters. The molecule has 0 bridgehead atoms. The molecular formula is C15H23NO3. The average Bonchev–Trinajstić information content (AvgIpc) is 2.46. The predicted molar refractivity (Wildman–Crippen MR) is 74.6 cm³/mol. The molecule has 0 radical (unpaired) electrons. The molecule has 1 aromatic rings. The van der Waals surface area contributed by atoms with Gasteiger partial charge >= 0.3 is 0 Å². The molecule has 0 amide bonds. The second-order valence-electron chi connectivity index (χ2n) is 4.96. The van der Waals surface area contributed by atoms with Gasteiger partial charge in [-0.2, -0.15) is 0 Å². The highest BCUT2D eigenvalue weighted by Gasteiger charge is 2.12. The maximum absolute atomic E-state index is 9.51. The van der Waals surface area contributed by atoms with Crippen molar-refractivity contribution in [1.82, 2.24) is 5.32 Å². The van der Waals surface area contributed by atoms with Crippen LogP contribution in [0, 0.1) is 0 Å². The number of hydrogen-bond acceptors (Lipinski definition) is 4. The van der Waals surface area contributed by atoms with E-state index in [1.54, 1.807) is 13.2 Å². The molecule has 1 heterocycles. The van der Waals surface area contributed by atoms with Crippen molar-refractivity contribution in [2.45, 2.75) is 38.3 Å². The number of phenolic OH excluding ortho intramolecular Hbond substituents is 1. The van der Waals surface area contributed by atoms with Gasteiger partial charge < -0.3 is 19.9 Å². The van der Waals surface area contributed by atoms with Crippen LogP contribution in [0.3, 0.4) is 0 Å². The Morgan fingerprint density at radius 2 is 2.32 bits per heavy atom. The predicted octanol–water partition coefficient (Wildman–Crippen LogP) is 2.45. The van der Waals surface area contributed by atoms with Gasteiger partial charge in [0.25, 0.3) is 0 Å². The highest BCUT2D eigenvalue weighted by molar-refractivity contribution is 5.41. The first-order chi connectivity index (χ1) is 9.29.